The van der Waals surface area contributed by atoms with E-state index in [0.717, 1.165) is 19.3 Å². The van der Waals surface area contributed by atoms with Crippen molar-refractivity contribution >= 4 is 5.97 Å². The Bertz CT molecular complexity index is 219. The number of ether oxygens (including phenoxy) is 1. The summed E-state index contributed by atoms with van der Waals surface area (Å²) in [6, 6.07) is 0. The first-order chi connectivity index (χ1) is 8.31. The number of hydrogen-bond acceptors (Lipinski definition) is 2. The highest BCUT2D eigenvalue weighted by atomic mass is 16.5. The minimum Gasteiger partial charge on any atom is -0.463 e. The van der Waals surface area contributed by atoms with E-state index in [1.54, 1.807) is 0 Å². The van der Waals surface area contributed by atoms with Gasteiger partial charge < -0.3 is 4.74 Å². The first-order valence-corrected chi connectivity index (χ1v) is 6.75. The Balaban J connectivity index is 3.17. The summed E-state index contributed by atoms with van der Waals surface area (Å²) < 4.78 is 4.79. The van der Waals surface area contributed by atoms with Crippen molar-refractivity contribution in [1.29, 1.82) is 0 Å². The van der Waals surface area contributed by atoms with E-state index in [1.165, 1.54) is 38.2 Å². The van der Waals surface area contributed by atoms with Crippen molar-refractivity contribution in [2.75, 3.05) is 6.61 Å². The van der Waals surface area contributed by atoms with Crippen LogP contribution in [-0.2, 0) is 9.53 Å². The molecule has 2 nitrogen and oxygen atoms in total. The molecular formula is C15H26O2. The Hall–Kier alpha value is -1.05. The van der Waals surface area contributed by atoms with Crippen LogP contribution in [0.5, 0.6) is 0 Å². The van der Waals surface area contributed by atoms with Gasteiger partial charge in [-0.25, -0.2) is 4.79 Å². The van der Waals surface area contributed by atoms with Crippen molar-refractivity contribution in [2.24, 2.45) is 0 Å². The highest BCUT2D eigenvalue weighted by Gasteiger charge is 1.93. The van der Waals surface area contributed by atoms with Gasteiger partial charge in [0.15, 0.2) is 0 Å². The van der Waals surface area contributed by atoms with Gasteiger partial charge in [0.05, 0.1) is 6.61 Å². The second-order valence-corrected chi connectivity index (χ2v) is 4.14. The number of carbonyl (C=O) groups excluding carboxylic acids is 1. The fourth-order valence-corrected chi connectivity index (χ4v) is 1.63. The van der Waals surface area contributed by atoms with Gasteiger partial charge in [-0.2, -0.15) is 0 Å². The normalized spacial score (nSPS) is 10.6. The maximum atomic E-state index is 11.0. The summed E-state index contributed by atoms with van der Waals surface area (Å²) in [5, 5.41) is 0. The molecule has 0 unspecified atom stereocenters. The van der Waals surface area contributed by atoms with Crippen LogP contribution in [0, 0.1) is 0 Å². The van der Waals surface area contributed by atoms with Gasteiger partial charge in [0, 0.05) is 6.08 Å². The zero-order valence-electron chi connectivity index (χ0n) is 11.1. The van der Waals surface area contributed by atoms with E-state index in [1.807, 2.05) is 19.1 Å². The Morgan fingerprint density at radius 2 is 1.65 bits per heavy atom. The Labute approximate surface area is 106 Å². The molecule has 0 N–H and O–H groups in total. The highest BCUT2D eigenvalue weighted by molar-refractivity contribution is 5.81. The average molecular weight is 238 g/mol. The van der Waals surface area contributed by atoms with Crippen LogP contribution in [0.15, 0.2) is 24.8 Å². The van der Waals surface area contributed by atoms with Crippen molar-refractivity contribution in [3.8, 4) is 0 Å². The Morgan fingerprint density at radius 1 is 1.06 bits per heavy atom. The molecule has 0 aromatic heterocycles. The molecule has 2 heteroatoms. The van der Waals surface area contributed by atoms with E-state index >= 15 is 0 Å². The predicted octanol–water partition coefficient (Wildman–Crippen LogP) is 4.41. The van der Waals surface area contributed by atoms with E-state index in [-0.39, 0.29) is 5.97 Å². The van der Waals surface area contributed by atoms with Gasteiger partial charge in [-0.05, 0) is 32.6 Å². The van der Waals surface area contributed by atoms with Crippen molar-refractivity contribution < 1.29 is 9.53 Å². The molecule has 0 saturated heterocycles. The van der Waals surface area contributed by atoms with Gasteiger partial charge in [-0.15, -0.1) is 6.58 Å². The molecule has 0 aliphatic rings. The van der Waals surface area contributed by atoms with Gasteiger partial charge in [0.25, 0.3) is 0 Å². The third-order valence-electron chi connectivity index (χ3n) is 2.57. The lowest BCUT2D eigenvalue weighted by Crippen LogP contribution is -1.98. The number of hydrogen-bond donors (Lipinski definition) is 0. The minimum absolute atomic E-state index is 0.225. The van der Waals surface area contributed by atoms with E-state index in [0.29, 0.717) is 6.61 Å². The summed E-state index contributed by atoms with van der Waals surface area (Å²) in [5.41, 5.74) is 0. The van der Waals surface area contributed by atoms with Crippen LogP contribution in [-0.4, -0.2) is 12.6 Å². The molecule has 0 aliphatic carbocycles. The van der Waals surface area contributed by atoms with E-state index < -0.39 is 0 Å². The third kappa shape index (κ3) is 12.9. The molecule has 98 valence electrons. The molecule has 0 aliphatic heterocycles. The van der Waals surface area contributed by atoms with Crippen molar-refractivity contribution in [3.63, 3.8) is 0 Å². The van der Waals surface area contributed by atoms with Gasteiger partial charge in [0.1, 0.15) is 0 Å². The molecule has 0 atom stereocenters. The van der Waals surface area contributed by atoms with Gasteiger partial charge in [-0.3, -0.25) is 0 Å². The first-order valence-electron chi connectivity index (χ1n) is 6.75. The van der Waals surface area contributed by atoms with E-state index in [9.17, 15) is 4.79 Å². The number of unbranched alkanes of at least 4 members (excludes halogenated alkanes) is 7. The molecule has 0 aromatic rings. The lowest BCUT2D eigenvalue weighted by Gasteiger charge is -1.99. The first kappa shape index (κ1) is 16.0. The minimum atomic E-state index is -0.225. The molecule has 17 heavy (non-hydrogen) atoms. The van der Waals surface area contributed by atoms with Crippen LogP contribution >= 0.6 is 0 Å². The molecule has 0 rings (SSSR count). The lowest BCUT2D eigenvalue weighted by atomic mass is 10.1. The van der Waals surface area contributed by atoms with Crippen LogP contribution in [0.25, 0.3) is 0 Å². The van der Waals surface area contributed by atoms with Crippen molar-refractivity contribution in [3.05, 3.63) is 24.8 Å². The number of rotatable bonds is 11. The monoisotopic (exact) mass is 238 g/mol. The van der Waals surface area contributed by atoms with E-state index in [4.69, 9.17) is 4.74 Å². The molecule has 0 amide bonds. The second kappa shape index (κ2) is 13.0. The fraction of sp³-hybridized carbons (Fsp3) is 0.667. The summed E-state index contributed by atoms with van der Waals surface area (Å²) in [4.78, 5) is 11.0. The molecule has 0 radical (unpaired) electrons. The molecule has 0 saturated carbocycles. The second-order valence-electron chi connectivity index (χ2n) is 4.14. The van der Waals surface area contributed by atoms with Crippen LogP contribution in [0.1, 0.15) is 58.3 Å². The highest BCUT2D eigenvalue weighted by Crippen LogP contribution is 2.08. The quantitative estimate of drug-likeness (QED) is 0.231. The molecule has 0 aromatic carbocycles. The van der Waals surface area contributed by atoms with Gasteiger partial charge in [0.2, 0.25) is 0 Å². The molecular weight excluding hydrogens is 212 g/mol. The van der Waals surface area contributed by atoms with E-state index in [2.05, 4.69) is 6.58 Å². The molecule has 0 bridgehead atoms. The fourth-order valence-electron chi connectivity index (χ4n) is 1.63. The maximum absolute atomic E-state index is 11.0. The van der Waals surface area contributed by atoms with Crippen molar-refractivity contribution in [1.82, 2.24) is 0 Å². The largest absolute Gasteiger partial charge is 0.463 e. The third-order valence-corrected chi connectivity index (χ3v) is 2.57. The Morgan fingerprint density at radius 3 is 2.24 bits per heavy atom. The molecule has 0 heterocycles. The van der Waals surface area contributed by atoms with Gasteiger partial charge >= 0.3 is 5.97 Å². The van der Waals surface area contributed by atoms with Crippen LogP contribution in [0.2, 0.25) is 0 Å². The SMILES string of the molecule is C=CCCCCCCCC/C=C/C(=O)OCC. The van der Waals surface area contributed by atoms with Crippen LogP contribution < -0.4 is 0 Å². The smallest absolute Gasteiger partial charge is 0.330 e. The maximum Gasteiger partial charge on any atom is 0.330 e. The topological polar surface area (TPSA) is 26.3 Å². The molecule has 0 spiro atoms. The summed E-state index contributed by atoms with van der Waals surface area (Å²) in [6.07, 6.45) is 15.2. The molecule has 0 fully saturated rings. The summed E-state index contributed by atoms with van der Waals surface area (Å²) in [7, 11) is 0. The zero-order valence-corrected chi connectivity index (χ0v) is 11.1. The summed E-state index contributed by atoms with van der Waals surface area (Å²) in [6.45, 7) is 5.98. The van der Waals surface area contributed by atoms with Crippen molar-refractivity contribution in [2.45, 2.75) is 58.3 Å². The van der Waals surface area contributed by atoms with Crippen LogP contribution in [0.3, 0.4) is 0 Å². The predicted molar refractivity (Wildman–Crippen MR) is 72.9 cm³/mol. The number of carbonyl (C=O) groups is 1. The Kier molecular flexibility index (Phi) is 12.2. The average Bonchev–Trinajstić information content (AvgIpc) is 2.32. The van der Waals surface area contributed by atoms with Gasteiger partial charge in [-0.1, -0.05) is 37.8 Å². The summed E-state index contributed by atoms with van der Waals surface area (Å²) in [5.74, 6) is -0.225. The lowest BCUT2D eigenvalue weighted by molar-refractivity contribution is -0.137. The van der Waals surface area contributed by atoms with Crippen LogP contribution in [0.4, 0.5) is 0 Å². The standard InChI is InChI=1S/C15H26O2/c1-3-5-6-7-8-9-10-11-12-13-14-15(16)17-4-2/h3,13-14H,1,4-12H2,2H3/b14-13+. The summed E-state index contributed by atoms with van der Waals surface area (Å²) >= 11 is 0. The number of esters is 1. The zero-order chi connectivity index (χ0) is 12.8. The number of allylic oxidation sites excluding steroid dienone is 2.